The summed E-state index contributed by atoms with van der Waals surface area (Å²) in [5.74, 6) is -0.695. The number of thiazole rings is 1. The molecule has 0 amide bonds. The van der Waals surface area contributed by atoms with Crippen LogP contribution in [0.1, 0.15) is 31.0 Å². The van der Waals surface area contributed by atoms with Crippen molar-refractivity contribution in [1.82, 2.24) is 4.57 Å². The average Bonchev–Trinajstić information content (AvgIpc) is 3.09. The molecule has 0 N–H and O–H groups in total. The number of carbonyl (C=O) groups is 2. The predicted octanol–water partition coefficient (Wildman–Crippen LogP) is 3.64. The number of benzene rings is 2. The monoisotopic (exact) mass is 516 g/mol. The molecule has 7 nitrogen and oxygen atoms in total. The fourth-order valence-corrected chi connectivity index (χ4v) is 5.15. The Kier molecular flexibility index (Phi) is 6.74. The normalized spacial score (nSPS) is 15.6. The van der Waals surface area contributed by atoms with Crippen molar-refractivity contribution in [2.75, 3.05) is 7.11 Å². The van der Waals surface area contributed by atoms with E-state index in [1.807, 2.05) is 0 Å². The predicted molar refractivity (Wildman–Crippen MR) is 130 cm³/mol. The number of carbonyl (C=O) groups excluding carboxylic acids is 2. The molecule has 0 spiro atoms. The Morgan fingerprint density at radius 2 is 1.85 bits per heavy atom. The molecule has 0 saturated carbocycles. The number of halogens is 2. The van der Waals surface area contributed by atoms with E-state index in [1.54, 1.807) is 55.5 Å². The lowest BCUT2D eigenvalue weighted by Gasteiger charge is -2.24. The summed E-state index contributed by atoms with van der Waals surface area (Å²) in [6.45, 7) is 3.00. The van der Waals surface area contributed by atoms with Gasteiger partial charge < -0.3 is 9.47 Å². The minimum absolute atomic E-state index is 0.242. The molecule has 0 radical (unpaired) electrons. The topological polar surface area (TPSA) is 87.0 Å². The number of hydrogen-bond acceptors (Lipinski definition) is 7. The second kappa shape index (κ2) is 9.58. The van der Waals surface area contributed by atoms with E-state index in [0.717, 1.165) is 0 Å². The minimum Gasteiger partial charge on any atom is -0.466 e. The summed E-state index contributed by atoms with van der Waals surface area (Å²) >= 11 is 13.5. The van der Waals surface area contributed by atoms with Gasteiger partial charge in [-0.1, -0.05) is 52.7 Å². The smallest absolute Gasteiger partial charge is 0.338 e. The van der Waals surface area contributed by atoms with Crippen molar-refractivity contribution in [1.29, 1.82) is 0 Å². The number of fused-ring (bicyclic) bond motifs is 1. The van der Waals surface area contributed by atoms with Crippen LogP contribution in [0.3, 0.4) is 0 Å². The van der Waals surface area contributed by atoms with E-state index in [-0.39, 0.29) is 11.1 Å². The summed E-state index contributed by atoms with van der Waals surface area (Å²) in [7, 11) is 1.27. The summed E-state index contributed by atoms with van der Waals surface area (Å²) in [4.78, 5) is 42.4. The number of rotatable bonds is 4. The quantitative estimate of drug-likeness (QED) is 0.390. The molecule has 1 aromatic heterocycles. The number of hydrogen-bond donors (Lipinski definition) is 0. The third-order valence-corrected chi connectivity index (χ3v) is 6.68. The molecule has 0 fully saturated rings. The summed E-state index contributed by atoms with van der Waals surface area (Å²) in [6.07, 6.45) is 1.67. The van der Waals surface area contributed by atoms with Crippen LogP contribution >= 0.6 is 34.5 Å². The molecule has 2 heterocycles. The van der Waals surface area contributed by atoms with E-state index in [9.17, 15) is 14.4 Å². The van der Waals surface area contributed by atoms with Gasteiger partial charge in [-0.15, -0.1) is 0 Å². The van der Waals surface area contributed by atoms with Crippen LogP contribution in [-0.4, -0.2) is 23.6 Å². The van der Waals surface area contributed by atoms with E-state index >= 15 is 0 Å². The van der Waals surface area contributed by atoms with Crippen LogP contribution in [0.5, 0.6) is 5.75 Å². The zero-order valence-electron chi connectivity index (χ0n) is 18.3. The van der Waals surface area contributed by atoms with Crippen molar-refractivity contribution in [3.8, 4) is 5.75 Å². The number of aromatic nitrogens is 1. The molecular formula is C24H18Cl2N2O5S. The SMILES string of the molecule is COC(=O)C1=C(C)N=c2s/c(=C\c3ccc(Cl)cc3Cl)c(=O)n2[C@@H]1c1ccc(OC(C)=O)cc1. The van der Waals surface area contributed by atoms with E-state index in [1.165, 1.54) is 29.9 Å². The molecule has 0 unspecified atom stereocenters. The van der Waals surface area contributed by atoms with Crippen molar-refractivity contribution < 1.29 is 19.1 Å². The van der Waals surface area contributed by atoms with Crippen LogP contribution < -0.4 is 19.6 Å². The molecule has 1 atom stereocenters. The Labute approximate surface area is 208 Å². The lowest BCUT2D eigenvalue weighted by molar-refractivity contribution is -0.136. The van der Waals surface area contributed by atoms with Crippen LogP contribution in [0.15, 0.2) is 63.5 Å². The Morgan fingerprint density at radius 3 is 2.47 bits per heavy atom. The summed E-state index contributed by atoms with van der Waals surface area (Å²) in [5, 5.41) is 0.890. The molecule has 10 heteroatoms. The Hall–Kier alpha value is -3.20. The largest absolute Gasteiger partial charge is 0.466 e. The van der Waals surface area contributed by atoms with Crippen molar-refractivity contribution in [3.05, 3.63) is 94.6 Å². The van der Waals surface area contributed by atoms with Crippen LogP contribution in [0.2, 0.25) is 10.0 Å². The standard InChI is InChI=1S/C24H18Cl2N2O5S/c1-12-20(23(31)32-3)21(14-5-8-17(9-6-14)33-13(2)29)28-22(30)19(34-24(28)27-12)10-15-4-7-16(25)11-18(15)26/h4-11,21H,1-3H3/b19-10-/t21-/m1/s1. The number of ether oxygens (including phenoxy) is 2. The van der Waals surface area contributed by atoms with Crippen LogP contribution in [-0.2, 0) is 14.3 Å². The van der Waals surface area contributed by atoms with Gasteiger partial charge in [-0.2, -0.15) is 0 Å². The number of esters is 2. The van der Waals surface area contributed by atoms with Crippen molar-refractivity contribution in [2.45, 2.75) is 19.9 Å². The second-order valence-corrected chi connectivity index (χ2v) is 9.25. The molecule has 0 aliphatic carbocycles. The first-order valence-electron chi connectivity index (χ1n) is 10.0. The number of nitrogens with zero attached hydrogens (tertiary/aromatic N) is 2. The highest BCUT2D eigenvalue weighted by Gasteiger charge is 2.33. The second-order valence-electron chi connectivity index (χ2n) is 7.40. The van der Waals surface area contributed by atoms with Gasteiger partial charge in [0.15, 0.2) is 4.80 Å². The van der Waals surface area contributed by atoms with E-state index in [2.05, 4.69) is 4.99 Å². The van der Waals surface area contributed by atoms with Crippen LogP contribution in [0.25, 0.3) is 6.08 Å². The molecule has 1 aliphatic rings. The summed E-state index contributed by atoms with van der Waals surface area (Å²) in [5.41, 5.74) is 1.60. The molecule has 2 aromatic carbocycles. The van der Waals surface area contributed by atoms with Crippen molar-refractivity contribution in [2.24, 2.45) is 4.99 Å². The zero-order chi connectivity index (χ0) is 24.6. The first-order valence-corrected chi connectivity index (χ1v) is 11.6. The molecule has 34 heavy (non-hydrogen) atoms. The highest BCUT2D eigenvalue weighted by Crippen LogP contribution is 2.31. The minimum atomic E-state index is -0.780. The highest BCUT2D eigenvalue weighted by molar-refractivity contribution is 7.07. The van der Waals surface area contributed by atoms with Gasteiger partial charge in [-0.05, 0) is 48.4 Å². The molecule has 0 saturated heterocycles. The van der Waals surface area contributed by atoms with Gasteiger partial charge in [0.1, 0.15) is 5.75 Å². The maximum atomic E-state index is 13.5. The Morgan fingerprint density at radius 1 is 1.15 bits per heavy atom. The highest BCUT2D eigenvalue weighted by atomic mass is 35.5. The fraction of sp³-hybridized carbons (Fsp3) is 0.167. The molecule has 4 rings (SSSR count). The summed E-state index contributed by atoms with van der Waals surface area (Å²) < 4.78 is 11.9. The van der Waals surface area contributed by atoms with Gasteiger partial charge in [0.05, 0.1) is 29.0 Å². The molecular weight excluding hydrogens is 499 g/mol. The lowest BCUT2D eigenvalue weighted by atomic mass is 9.96. The van der Waals surface area contributed by atoms with Crippen molar-refractivity contribution >= 4 is 52.6 Å². The fourth-order valence-electron chi connectivity index (χ4n) is 3.65. The third-order valence-electron chi connectivity index (χ3n) is 5.13. The zero-order valence-corrected chi connectivity index (χ0v) is 20.6. The lowest BCUT2D eigenvalue weighted by Crippen LogP contribution is -2.39. The third kappa shape index (κ3) is 4.57. The van der Waals surface area contributed by atoms with E-state index < -0.39 is 18.0 Å². The van der Waals surface area contributed by atoms with Gasteiger partial charge in [-0.3, -0.25) is 14.2 Å². The molecule has 3 aromatic rings. The first kappa shape index (κ1) is 23.9. The molecule has 0 bridgehead atoms. The van der Waals surface area contributed by atoms with Gasteiger partial charge in [0.25, 0.3) is 5.56 Å². The van der Waals surface area contributed by atoms with Gasteiger partial charge in [0.2, 0.25) is 0 Å². The van der Waals surface area contributed by atoms with E-state index in [4.69, 9.17) is 32.7 Å². The van der Waals surface area contributed by atoms with Crippen LogP contribution in [0.4, 0.5) is 0 Å². The number of allylic oxidation sites excluding steroid dienone is 1. The maximum absolute atomic E-state index is 13.5. The van der Waals surface area contributed by atoms with Gasteiger partial charge >= 0.3 is 11.9 Å². The van der Waals surface area contributed by atoms with Gasteiger partial charge in [-0.25, -0.2) is 9.79 Å². The molecule has 174 valence electrons. The first-order chi connectivity index (χ1) is 16.2. The van der Waals surface area contributed by atoms with E-state index in [0.29, 0.717) is 42.0 Å². The average molecular weight is 517 g/mol. The Bertz CT molecular complexity index is 1520. The summed E-state index contributed by atoms with van der Waals surface area (Å²) in [6, 6.07) is 10.8. The van der Waals surface area contributed by atoms with Crippen LogP contribution in [0, 0.1) is 0 Å². The number of methoxy groups -OCH3 is 1. The van der Waals surface area contributed by atoms with Crippen molar-refractivity contribution in [3.63, 3.8) is 0 Å². The Balaban J connectivity index is 1.92. The maximum Gasteiger partial charge on any atom is 0.338 e. The molecule has 1 aliphatic heterocycles. The van der Waals surface area contributed by atoms with Gasteiger partial charge in [0, 0.05) is 17.0 Å².